The Labute approximate surface area is 122 Å². The Bertz CT molecular complexity index is 367. The molecule has 1 rings (SSSR count). The third-order valence-electron chi connectivity index (χ3n) is 1.85. The molecule has 5 nitrogen and oxygen atoms in total. The zero-order valence-corrected chi connectivity index (χ0v) is 12.9. The minimum Gasteiger partial charge on any atom is -0.364 e. The first-order valence-electron chi connectivity index (χ1n) is 5.98. The van der Waals surface area contributed by atoms with Crippen molar-refractivity contribution < 1.29 is 20.4 Å². The topological polar surface area (TPSA) is 93.0 Å². The van der Waals surface area contributed by atoms with Crippen LogP contribution in [-0.4, -0.2) is 26.8 Å². The van der Waals surface area contributed by atoms with E-state index in [-0.39, 0.29) is 6.54 Å². The summed E-state index contributed by atoms with van der Waals surface area (Å²) in [6, 6.07) is 4.77. The molecule has 6 heteroatoms. The maximum atomic E-state index is 8.90. The van der Waals surface area contributed by atoms with Gasteiger partial charge in [0.2, 0.25) is 6.41 Å². The van der Waals surface area contributed by atoms with Gasteiger partial charge >= 0.3 is 0 Å². The molecule has 1 aromatic rings. The Balaban J connectivity index is 0.000000711. The van der Waals surface area contributed by atoms with Crippen molar-refractivity contribution in [3.63, 3.8) is 0 Å². The number of rotatable bonds is 4. The number of aliphatic hydroxyl groups excluding tert-OH is 2. The summed E-state index contributed by atoms with van der Waals surface area (Å²) in [5.74, 6) is 0.833. The van der Waals surface area contributed by atoms with Crippen LogP contribution in [0.15, 0.2) is 22.7 Å². The molecule has 0 fully saturated rings. The summed E-state index contributed by atoms with van der Waals surface area (Å²) < 4.78 is 0.668. The van der Waals surface area contributed by atoms with Crippen LogP contribution in [-0.2, 0) is 6.54 Å². The Kier molecular flexibility index (Phi) is 9.16. The van der Waals surface area contributed by atoms with E-state index in [1.807, 2.05) is 0 Å². The minimum atomic E-state index is -1.57. The van der Waals surface area contributed by atoms with Crippen molar-refractivity contribution in [3.8, 4) is 0 Å². The number of nitrogens with one attached hydrogen (secondary N) is 1. The Hall–Kier alpha value is -0.500. The molecule has 0 aromatic heterocycles. The lowest BCUT2D eigenvalue weighted by Gasteiger charge is -2.10. The first kappa shape index (κ1) is 18.5. The van der Waals surface area contributed by atoms with E-state index < -0.39 is 12.7 Å². The Morgan fingerprint density at radius 3 is 2.00 bits per heavy atom. The molecule has 0 saturated heterocycles. The largest absolute Gasteiger partial charge is 0.364 e. The number of hydrogen-bond acceptors (Lipinski definition) is 5. The second kappa shape index (κ2) is 9.41. The van der Waals surface area contributed by atoms with Crippen LogP contribution in [0.2, 0.25) is 0 Å². The fourth-order valence-corrected chi connectivity index (χ4v) is 1.61. The van der Waals surface area contributed by atoms with Gasteiger partial charge < -0.3 is 20.4 Å². The summed E-state index contributed by atoms with van der Waals surface area (Å²) in [5.41, 5.74) is 1.16. The van der Waals surface area contributed by atoms with Crippen LogP contribution in [0, 0.1) is 5.92 Å². The molecular weight excluding hydrogens is 314 g/mol. The fraction of sp³-hybridized carbons (Fsp3) is 0.538. The van der Waals surface area contributed by atoms with E-state index in [9.17, 15) is 0 Å². The van der Waals surface area contributed by atoms with Crippen LogP contribution in [0.5, 0.6) is 0 Å². The highest BCUT2D eigenvalue weighted by Crippen LogP contribution is 2.21. The normalized spacial score (nSPS) is 10.9. The van der Waals surface area contributed by atoms with Gasteiger partial charge in [0.25, 0.3) is 0 Å². The van der Waals surface area contributed by atoms with Crippen LogP contribution in [0.25, 0.3) is 0 Å². The third kappa shape index (κ3) is 9.10. The fourth-order valence-electron chi connectivity index (χ4n) is 1.07. The lowest BCUT2D eigenvalue weighted by Crippen LogP contribution is -2.27. The van der Waals surface area contributed by atoms with Crippen molar-refractivity contribution in [2.45, 2.75) is 40.0 Å². The molecule has 19 heavy (non-hydrogen) atoms. The molecule has 0 heterocycles. The smallest absolute Gasteiger partial charge is 0.211 e. The summed E-state index contributed by atoms with van der Waals surface area (Å²) in [4.78, 5) is 0. The van der Waals surface area contributed by atoms with Crippen molar-refractivity contribution in [1.29, 1.82) is 0 Å². The van der Waals surface area contributed by atoms with Gasteiger partial charge in [0.15, 0.2) is 6.29 Å². The molecule has 0 unspecified atom stereocenters. The van der Waals surface area contributed by atoms with Crippen LogP contribution in [0.3, 0.4) is 0 Å². The monoisotopic (exact) mass is 335 g/mol. The standard InChI is InChI=1S/C9H12BrNO4.C4H10/c10-7-3-5(8(12)13)1-2-6(7)4-11-9(14)15;1-4(2)3/h1-3,8-9,11-15H,4H2;4H,1-3H3. The van der Waals surface area contributed by atoms with Gasteiger partial charge in [-0.3, -0.25) is 5.32 Å². The van der Waals surface area contributed by atoms with Gasteiger partial charge in [0.1, 0.15) is 0 Å². The summed E-state index contributed by atoms with van der Waals surface area (Å²) in [7, 11) is 0. The van der Waals surface area contributed by atoms with Gasteiger partial charge in [-0.2, -0.15) is 0 Å². The van der Waals surface area contributed by atoms with Crippen molar-refractivity contribution in [2.75, 3.05) is 0 Å². The van der Waals surface area contributed by atoms with Gasteiger partial charge in [-0.1, -0.05) is 48.8 Å². The SMILES string of the molecule is CC(C)C.OC(O)NCc1ccc(C(O)O)cc1Br. The quantitative estimate of drug-likeness (QED) is 0.537. The molecule has 0 atom stereocenters. The van der Waals surface area contributed by atoms with E-state index in [0.29, 0.717) is 10.0 Å². The summed E-state index contributed by atoms with van der Waals surface area (Å²) in [6.07, 6.45) is -3.08. The molecule has 0 bridgehead atoms. The van der Waals surface area contributed by atoms with E-state index in [0.717, 1.165) is 11.5 Å². The molecule has 1 aromatic carbocycles. The van der Waals surface area contributed by atoms with Crippen molar-refractivity contribution in [3.05, 3.63) is 33.8 Å². The minimum absolute atomic E-state index is 0.264. The first-order valence-corrected chi connectivity index (χ1v) is 6.77. The highest BCUT2D eigenvalue weighted by atomic mass is 79.9. The van der Waals surface area contributed by atoms with Crippen LogP contribution < -0.4 is 5.32 Å². The van der Waals surface area contributed by atoms with Crippen molar-refractivity contribution in [2.24, 2.45) is 5.92 Å². The molecule has 0 aliphatic rings. The van der Waals surface area contributed by atoms with E-state index in [1.165, 1.54) is 0 Å². The van der Waals surface area contributed by atoms with Crippen molar-refractivity contribution in [1.82, 2.24) is 5.32 Å². The van der Waals surface area contributed by atoms with E-state index in [1.54, 1.807) is 18.2 Å². The van der Waals surface area contributed by atoms with E-state index in [2.05, 4.69) is 42.0 Å². The molecule has 0 spiro atoms. The predicted octanol–water partition coefficient (Wildman–Crippen LogP) is 1.45. The average molecular weight is 336 g/mol. The predicted molar refractivity (Wildman–Crippen MR) is 76.9 cm³/mol. The molecular formula is C13H22BrNO4. The molecule has 0 amide bonds. The molecule has 110 valence electrons. The van der Waals surface area contributed by atoms with Gasteiger partial charge in [0.05, 0.1) is 0 Å². The van der Waals surface area contributed by atoms with Crippen LogP contribution in [0.4, 0.5) is 0 Å². The zero-order valence-electron chi connectivity index (χ0n) is 11.3. The van der Waals surface area contributed by atoms with Crippen LogP contribution in [0.1, 0.15) is 38.2 Å². The number of aliphatic hydroxyl groups is 4. The van der Waals surface area contributed by atoms with E-state index >= 15 is 0 Å². The number of hydrogen-bond donors (Lipinski definition) is 5. The third-order valence-corrected chi connectivity index (χ3v) is 2.59. The highest BCUT2D eigenvalue weighted by Gasteiger charge is 2.07. The second-order valence-electron chi connectivity index (χ2n) is 4.71. The second-order valence-corrected chi connectivity index (χ2v) is 5.57. The average Bonchev–Trinajstić information content (AvgIpc) is 2.26. The summed E-state index contributed by atoms with van der Waals surface area (Å²) in [5, 5.41) is 37.4. The van der Waals surface area contributed by atoms with Gasteiger partial charge in [-0.25, -0.2) is 0 Å². The van der Waals surface area contributed by atoms with E-state index in [4.69, 9.17) is 20.4 Å². The maximum absolute atomic E-state index is 8.90. The Morgan fingerprint density at radius 1 is 1.11 bits per heavy atom. The highest BCUT2D eigenvalue weighted by molar-refractivity contribution is 9.10. The molecule has 0 radical (unpaired) electrons. The lowest BCUT2D eigenvalue weighted by molar-refractivity contribution is -0.0672. The van der Waals surface area contributed by atoms with Gasteiger partial charge in [0, 0.05) is 16.6 Å². The molecule has 5 N–H and O–H groups in total. The van der Waals surface area contributed by atoms with Crippen LogP contribution >= 0.6 is 15.9 Å². The number of benzene rings is 1. The zero-order chi connectivity index (χ0) is 15.0. The molecule has 0 saturated carbocycles. The Morgan fingerprint density at radius 2 is 1.63 bits per heavy atom. The maximum Gasteiger partial charge on any atom is 0.211 e. The lowest BCUT2D eigenvalue weighted by atomic mass is 10.1. The summed E-state index contributed by atoms with van der Waals surface area (Å²) >= 11 is 3.24. The molecule has 0 aliphatic carbocycles. The number of halogens is 1. The van der Waals surface area contributed by atoms with Gasteiger partial charge in [-0.15, -0.1) is 0 Å². The summed E-state index contributed by atoms with van der Waals surface area (Å²) in [6.45, 7) is 6.76. The first-order chi connectivity index (χ1) is 8.73. The van der Waals surface area contributed by atoms with Crippen molar-refractivity contribution >= 4 is 15.9 Å². The molecule has 0 aliphatic heterocycles. The van der Waals surface area contributed by atoms with Gasteiger partial charge in [-0.05, 0) is 17.5 Å².